The van der Waals surface area contributed by atoms with Crippen molar-refractivity contribution in [2.45, 2.75) is 303 Å². The summed E-state index contributed by atoms with van der Waals surface area (Å²) in [4.78, 5) is 39.8. The van der Waals surface area contributed by atoms with Crippen molar-refractivity contribution < 1.29 is 37.3 Å². The van der Waals surface area contributed by atoms with Crippen LogP contribution in [0.2, 0.25) is 0 Å². The van der Waals surface area contributed by atoms with Gasteiger partial charge in [-0.2, -0.15) is 0 Å². The van der Waals surface area contributed by atoms with E-state index < -0.39 is 20.0 Å². The molecule has 3 unspecified atom stereocenters. The number of esters is 1. The normalized spacial score (nSPS) is 13.8. The molecule has 0 spiro atoms. The van der Waals surface area contributed by atoms with E-state index >= 15 is 0 Å². The third-order valence-corrected chi connectivity index (χ3v) is 14.2. The molecule has 10 heteroatoms. The van der Waals surface area contributed by atoms with Crippen molar-refractivity contribution in [3.8, 4) is 0 Å². The number of rotatable bonds is 53. The van der Waals surface area contributed by atoms with Crippen LogP contribution < -0.4 is 10.2 Å². The van der Waals surface area contributed by atoms with Crippen LogP contribution in [0.15, 0.2) is 12.2 Å². The molecule has 0 saturated heterocycles. The minimum Gasteiger partial charge on any atom is -0.756 e. The van der Waals surface area contributed by atoms with Crippen LogP contribution in [0.3, 0.4) is 0 Å². The molecule has 1 N–H and O–H groups in total. The van der Waals surface area contributed by atoms with Gasteiger partial charge >= 0.3 is 5.97 Å². The number of amides is 1. The van der Waals surface area contributed by atoms with Crippen LogP contribution >= 0.6 is 7.82 Å². The summed E-state index contributed by atoms with van der Waals surface area (Å²) in [6, 6.07) is -0.878. The summed E-state index contributed by atoms with van der Waals surface area (Å²) in [5.74, 6) is -0.523. The summed E-state index contributed by atoms with van der Waals surface area (Å²) in [5, 5.41) is 3.03. The van der Waals surface area contributed by atoms with Crippen LogP contribution in [-0.2, 0) is 27.9 Å². The van der Waals surface area contributed by atoms with E-state index in [1.807, 2.05) is 33.3 Å². The largest absolute Gasteiger partial charge is 0.756 e. The highest BCUT2D eigenvalue weighted by Gasteiger charge is 2.27. The Balaban J connectivity index is 5.33. The predicted molar refractivity (Wildman–Crippen MR) is 284 cm³/mol. The van der Waals surface area contributed by atoms with Crippen molar-refractivity contribution in [2.75, 3.05) is 40.9 Å². The van der Waals surface area contributed by atoms with E-state index in [-0.39, 0.29) is 31.5 Å². The first-order valence-electron chi connectivity index (χ1n) is 29.0. The zero-order valence-electron chi connectivity index (χ0n) is 45.4. The van der Waals surface area contributed by atoms with Crippen molar-refractivity contribution in [1.29, 1.82) is 0 Å². The lowest BCUT2D eigenvalue weighted by Gasteiger charge is -2.30. The summed E-state index contributed by atoms with van der Waals surface area (Å²) in [7, 11) is 1.20. The number of nitrogens with one attached hydrogen (secondary N) is 1. The standard InChI is InChI=1S/C57H113N2O7P/c1-7-10-13-16-19-22-25-28-29-32-34-37-40-43-46-49-56(60)58-54(53-65-67(62,63)64-52-51-59(4,5)6)55(48-45-42-39-36-33-30-26-23-20-17-14-11-8-2)66-57(61)50-47-44-41-38-35-31-27-24-21-18-15-12-9-3/h45,48,54-55H,7-44,46-47,49-53H2,1-6H3,(H-,58,60,62,63)/b48-45+. The number of hydrogen-bond donors (Lipinski definition) is 1. The average molecular weight is 970 g/mol. The molecule has 67 heavy (non-hydrogen) atoms. The smallest absolute Gasteiger partial charge is 0.306 e. The van der Waals surface area contributed by atoms with Gasteiger partial charge in [0, 0.05) is 12.8 Å². The SMILES string of the molecule is CCCCCCCCCCCCC/C=C/C(OC(=O)CCCCCCCCCCCCCCC)C(COP(=O)([O-])OCC[N+](C)(C)C)NC(=O)CCCCCCCCCCCCCCCCC. The lowest BCUT2D eigenvalue weighted by molar-refractivity contribution is -0.870. The highest BCUT2D eigenvalue weighted by molar-refractivity contribution is 7.45. The topological polar surface area (TPSA) is 114 Å². The van der Waals surface area contributed by atoms with E-state index in [1.54, 1.807) is 0 Å². The minimum atomic E-state index is -4.68. The highest BCUT2D eigenvalue weighted by Crippen LogP contribution is 2.38. The number of quaternary nitrogens is 1. The van der Waals surface area contributed by atoms with Gasteiger partial charge in [0.05, 0.1) is 33.8 Å². The number of likely N-dealkylation sites (N-methyl/N-ethyl adjacent to an activating group) is 1. The molecule has 3 atom stereocenters. The lowest BCUT2D eigenvalue weighted by Crippen LogP contribution is -2.47. The third kappa shape index (κ3) is 49.5. The zero-order valence-corrected chi connectivity index (χ0v) is 46.3. The average Bonchev–Trinajstić information content (AvgIpc) is 3.28. The molecule has 0 aliphatic heterocycles. The van der Waals surface area contributed by atoms with Crippen molar-refractivity contribution in [3.63, 3.8) is 0 Å². The molecule has 0 aromatic heterocycles. The van der Waals surface area contributed by atoms with E-state index in [1.165, 1.54) is 199 Å². The van der Waals surface area contributed by atoms with Gasteiger partial charge in [0.25, 0.3) is 7.82 Å². The summed E-state index contributed by atoms with van der Waals surface area (Å²) in [5.41, 5.74) is 0. The molecule has 0 aromatic rings. The minimum absolute atomic E-state index is 0.0170. The number of phosphoric ester groups is 1. The number of carbonyl (C=O) groups is 2. The van der Waals surface area contributed by atoms with Crippen LogP contribution in [0, 0.1) is 0 Å². The van der Waals surface area contributed by atoms with Gasteiger partial charge in [-0.05, 0) is 31.8 Å². The maximum atomic E-state index is 13.5. The number of phosphoric acid groups is 1. The van der Waals surface area contributed by atoms with E-state index in [0.29, 0.717) is 17.4 Å². The molecule has 0 rings (SSSR count). The van der Waals surface area contributed by atoms with Crippen LogP contribution in [0.5, 0.6) is 0 Å². The first-order valence-corrected chi connectivity index (χ1v) is 30.5. The van der Waals surface area contributed by atoms with Crippen molar-refractivity contribution in [3.05, 3.63) is 12.2 Å². The number of hydrogen-bond acceptors (Lipinski definition) is 7. The third-order valence-electron chi connectivity index (χ3n) is 13.2. The zero-order chi connectivity index (χ0) is 49.4. The predicted octanol–water partition coefficient (Wildman–Crippen LogP) is 16.6. The number of ether oxygens (including phenoxy) is 1. The van der Waals surface area contributed by atoms with Gasteiger partial charge in [0.15, 0.2) is 0 Å². The summed E-state index contributed by atoms with van der Waals surface area (Å²) >= 11 is 0. The molecule has 0 aromatic carbocycles. The van der Waals surface area contributed by atoms with Crippen LogP contribution in [0.25, 0.3) is 0 Å². The second kappa shape index (κ2) is 48.4. The van der Waals surface area contributed by atoms with Crippen molar-refractivity contribution in [1.82, 2.24) is 5.32 Å². The van der Waals surface area contributed by atoms with Gasteiger partial charge in [0.1, 0.15) is 19.3 Å². The molecule has 0 radical (unpaired) electrons. The maximum absolute atomic E-state index is 13.5. The van der Waals surface area contributed by atoms with Crippen LogP contribution in [0.1, 0.15) is 290 Å². The first kappa shape index (κ1) is 65.8. The molecule has 1 amide bonds. The fraction of sp³-hybridized carbons (Fsp3) is 0.930. The molecule has 0 fully saturated rings. The van der Waals surface area contributed by atoms with E-state index in [9.17, 15) is 19.0 Å². The number of carbonyl (C=O) groups excluding carboxylic acids is 2. The quantitative estimate of drug-likeness (QED) is 0.0212. The van der Waals surface area contributed by atoms with E-state index in [0.717, 1.165) is 57.8 Å². The van der Waals surface area contributed by atoms with Gasteiger partial charge in [-0.15, -0.1) is 0 Å². The Morgan fingerprint density at radius 1 is 0.507 bits per heavy atom. The van der Waals surface area contributed by atoms with E-state index in [2.05, 4.69) is 26.1 Å². The molecule has 0 bridgehead atoms. The Labute approximate surface area is 416 Å². The first-order chi connectivity index (χ1) is 32.4. The fourth-order valence-electron chi connectivity index (χ4n) is 8.70. The fourth-order valence-corrected chi connectivity index (χ4v) is 9.42. The molecule has 0 aliphatic rings. The Kier molecular flexibility index (Phi) is 47.5. The molecule has 0 saturated carbocycles. The lowest BCUT2D eigenvalue weighted by atomic mass is 10.0. The van der Waals surface area contributed by atoms with Crippen molar-refractivity contribution in [2.24, 2.45) is 0 Å². The second-order valence-electron chi connectivity index (χ2n) is 21.2. The summed E-state index contributed by atoms with van der Waals surface area (Å²) in [6.07, 6.45) is 53.0. The molecule has 0 aliphatic carbocycles. The molecule has 9 nitrogen and oxygen atoms in total. The van der Waals surface area contributed by atoms with Gasteiger partial charge in [0.2, 0.25) is 5.91 Å². The monoisotopic (exact) mass is 969 g/mol. The number of nitrogens with zero attached hydrogens (tertiary/aromatic N) is 1. The summed E-state index contributed by atoms with van der Waals surface area (Å²) < 4.78 is 30.2. The van der Waals surface area contributed by atoms with Gasteiger partial charge in [-0.25, -0.2) is 0 Å². The second-order valence-corrected chi connectivity index (χ2v) is 22.6. The molecule has 398 valence electrons. The van der Waals surface area contributed by atoms with Gasteiger partial charge in [-0.3, -0.25) is 14.2 Å². The molecule has 0 heterocycles. The summed E-state index contributed by atoms with van der Waals surface area (Å²) in [6.45, 7) is 6.88. The van der Waals surface area contributed by atoms with Gasteiger partial charge in [-0.1, -0.05) is 258 Å². The van der Waals surface area contributed by atoms with E-state index in [4.69, 9.17) is 13.8 Å². The Hall–Kier alpha value is -1.25. The Morgan fingerprint density at radius 3 is 1.22 bits per heavy atom. The molecular weight excluding hydrogens is 856 g/mol. The highest BCUT2D eigenvalue weighted by atomic mass is 31.2. The Morgan fingerprint density at radius 2 is 0.851 bits per heavy atom. The van der Waals surface area contributed by atoms with Crippen LogP contribution in [0.4, 0.5) is 0 Å². The van der Waals surface area contributed by atoms with Gasteiger partial charge < -0.3 is 28.5 Å². The van der Waals surface area contributed by atoms with Crippen LogP contribution in [-0.4, -0.2) is 69.4 Å². The number of allylic oxidation sites excluding steroid dienone is 1. The van der Waals surface area contributed by atoms with Crippen molar-refractivity contribution >= 4 is 19.7 Å². The Bertz CT molecular complexity index is 1160. The molecular formula is C57H113N2O7P. The number of unbranched alkanes of at least 4 members (excludes halogenated alkanes) is 37. The maximum Gasteiger partial charge on any atom is 0.306 e.